The number of carbonyl (C=O) groups excluding carboxylic acids is 2. The highest BCUT2D eigenvalue weighted by Gasteiger charge is 2.35. The molecule has 0 saturated heterocycles. The van der Waals surface area contributed by atoms with Crippen LogP contribution in [0.25, 0.3) is 0 Å². The molecule has 114 valence electrons. The van der Waals surface area contributed by atoms with Gasteiger partial charge in [0.2, 0.25) is 0 Å². The Kier molecular flexibility index (Phi) is 5.40. The molecule has 0 spiro atoms. The molecule has 1 amide bonds. The third kappa shape index (κ3) is 4.01. The zero-order valence-corrected chi connectivity index (χ0v) is 12.2. The highest BCUT2D eigenvalue weighted by atomic mass is 16.6. The molecule has 0 heterocycles. The number of esters is 1. The van der Waals surface area contributed by atoms with Crippen LogP contribution in [-0.2, 0) is 9.53 Å². The first-order valence-electron chi connectivity index (χ1n) is 6.49. The first-order valence-corrected chi connectivity index (χ1v) is 6.49. The molecule has 1 aromatic rings. The lowest BCUT2D eigenvalue weighted by Gasteiger charge is -2.27. The first-order chi connectivity index (χ1) is 9.84. The number of hydrogen-bond acceptors (Lipinski definition) is 5. The smallest absolute Gasteiger partial charge is 0.331 e. The maximum Gasteiger partial charge on any atom is 0.331 e. The second kappa shape index (κ2) is 6.83. The number of amides is 1. The van der Waals surface area contributed by atoms with Crippen molar-refractivity contribution >= 4 is 17.6 Å². The van der Waals surface area contributed by atoms with E-state index in [0.29, 0.717) is 12.8 Å². The Labute approximate surface area is 122 Å². The number of methoxy groups -OCH3 is 1. The van der Waals surface area contributed by atoms with Gasteiger partial charge in [0.05, 0.1) is 12.0 Å². The molecule has 0 aliphatic heterocycles. The topological polar surface area (TPSA) is 98.5 Å². The van der Waals surface area contributed by atoms with E-state index in [0.717, 1.165) is 0 Å². The van der Waals surface area contributed by atoms with Crippen molar-refractivity contribution in [3.05, 3.63) is 39.9 Å². The molecular weight excluding hydrogens is 276 g/mol. The molecule has 1 aromatic carbocycles. The molecule has 0 aromatic heterocycles. The lowest BCUT2D eigenvalue weighted by molar-refractivity contribution is -0.384. The van der Waals surface area contributed by atoms with Crippen molar-refractivity contribution in [1.29, 1.82) is 0 Å². The zero-order valence-electron chi connectivity index (χ0n) is 12.2. The number of rotatable bonds is 6. The van der Waals surface area contributed by atoms with Crippen molar-refractivity contribution in [3.63, 3.8) is 0 Å². The van der Waals surface area contributed by atoms with E-state index in [9.17, 15) is 19.7 Å². The summed E-state index contributed by atoms with van der Waals surface area (Å²) in [5, 5.41) is 13.3. The van der Waals surface area contributed by atoms with E-state index in [1.54, 1.807) is 6.92 Å². The number of nitro groups is 1. The Balaban J connectivity index is 2.99. The second-order valence-electron chi connectivity index (χ2n) is 4.84. The lowest BCUT2D eigenvalue weighted by atomic mass is 9.95. The van der Waals surface area contributed by atoms with Gasteiger partial charge >= 0.3 is 5.97 Å². The van der Waals surface area contributed by atoms with E-state index >= 15 is 0 Å². The number of non-ortho nitro benzene ring substituents is 1. The quantitative estimate of drug-likeness (QED) is 0.492. The van der Waals surface area contributed by atoms with Crippen LogP contribution in [0.4, 0.5) is 5.69 Å². The van der Waals surface area contributed by atoms with Gasteiger partial charge in [-0.25, -0.2) is 4.79 Å². The van der Waals surface area contributed by atoms with Crippen LogP contribution in [0.15, 0.2) is 24.3 Å². The predicted molar refractivity (Wildman–Crippen MR) is 75.9 cm³/mol. The van der Waals surface area contributed by atoms with Gasteiger partial charge in [0.25, 0.3) is 11.6 Å². The fraction of sp³-hybridized carbons (Fsp3) is 0.429. The van der Waals surface area contributed by atoms with Gasteiger partial charge in [-0.1, -0.05) is 19.4 Å². The van der Waals surface area contributed by atoms with Gasteiger partial charge in [0, 0.05) is 17.7 Å². The minimum absolute atomic E-state index is 0.121. The number of hydrogen-bond donors (Lipinski definition) is 1. The van der Waals surface area contributed by atoms with Crippen molar-refractivity contribution in [3.8, 4) is 0 Å². The monoisotopic (exact) mass is 294 g/mol. The van der Waals surface area contributed by atoms with Gasteiger partial charge in [-0.3, -0.25) is 14.9 Å². The molecule has 0 bridgehead atoms. The van der Waals surface area contributed by atoms with Crippen LogP contribution in [0, 0.1) is 10.1 Å². The molecule has 7 heteroatoms. The minimum atomic E-state index is -1.16. The number of nitro benzene ring substituents is 1. The second-order valence-corrected chi connectivity index (χ2v) is 4.84. The fourth-order valence-electron chi connectivity index (χ4n) is 2.02. The Bertz CT molecular complexity index is 558. The maximum absolute atomic E-state index is 12.2. The Hall–Kier alpha value is -2.44. The lowest BCUT2D eigenvalue weighted by Crippen LogP contribution is -2.52. The highest BCUT2D eigenvalue weighted by Crippen LogP contribution is 2.17. The van der Waals surface area contributed by atoms with Crippen molar-refractivity contribution in [2.45, 2.75) is 32.2 Å². The average Bonchev–Trinajstić information content (AvgIpc) is 2.46. The first kappa shape index (κ1) is 16.6. The summed E-state index contributed by atoms with van der Waals surface area (Å²) in [7, 11) is 1.25. The van der Waals surface area contributed by atoms with E-state index < -0.39 is 22.3 Å². The van der Waals surface area contributed by atoms with Crippen LogP contribution >= 0.6 is 0 Å². The summed E-state index contributed by atoms with van der Waals surface area (Å²) in [5.41, 5.74) is -1.22. The highest BCUT2D eigenvalue weighted by molar-refractivity contribution is 5.98. The van der Waals surface area contributed by atoms with Gasteiger partial charge in [0.15, 0.2) is 0 Å². The number of carbonyl (C=O) groups is 2. The Morgan fingerprint density at radius 2 is 2.10 bits per heavy atom. The fourth-order valence-corrected chi connectivity index (χ4v) is 2.02. The molecule has 0 saturated carbocycles. The van der Waals surface area contributed by atoms with Crippen LogP contribution in [-0.4, -0.2) is 29.4 Å². The molecule has 1 rings (SSSR count). The number of benzene rings is 1. The van der Waals surface area contributed by atoms with Crippen molar-refractivity contribution in [2.24, 2.45) is 0 Å². The summed E-state index contributed by atoms with van der Waals surface area (Å²) in [6.45, 7) is 3.44. The summed E-state index contributed by atoms with van der Waals surface area (Å²) < 4.78 is 4.70. The molecule has 0 radical (unpaired) electrons. The van der Waals surface area contributed by atoms with E-state index in [2.05, 4.69) is 5.32 Å². The third-order valence-corrected chi connectivity index (χ3v) is 3.09. The number of ether oxygens (including phenoxy) is 1. The van der Waals surface area contributed by atoms with E-state index in [1.807, 2.05) is 6.92 Å². The molecule has 1 atom stereocenters. The number of nitrogens with zero attached hydrogens (tertiary/aromatic N) is 1. The zero-order chi connectivity index (χ0) is 16.0. The van der Waals surface area contributed by atoms with Gasteiger partial charge in [-0.2, -0.15) is 0 Å². The minimum Gasteiger partial charge on any atom is -0.467 e. The van der Waals surface area contributed by atoms with Gasteiger partial charge in [-0.05, 0) is 19.4 Å². The standard InChI is InChI=1S/C14H18N2O5/c1-4-8-14(2,13(18)21-3)15-12(17)10-6-5-7-11(9-10)16(19)20/h5-7,9H,4,8H2,1-3H3,(H,15,17). The normalized spacial score (nSPS) is 13.1. The molecule has 1 unspecified atom stereocenters. The van der Waals surface area contributed by atoms with Crippen LogP contribution < -0.4 is 5.32 Å². The van der Waals surface area contributed by atoms with Crippen LogP contribution in [0.1, 0.15) is 37.0 Å². The van der Waals surface area contributed by atoms with Gasteiger partial charge in [-0.15, -0.1) is 0 Å². The van der Waals surface area contributed by atoms with E-state index in [-0.39, 0.29) is 11.3 Å². The van der Waals surface area contributed by atoms with Gasteiger partial charge in [0.1, 0.15) is 5.54 Å². The molecular formula is C14H18N2O5. The van der Waals surface area contributed by atoms with Gasteiger partial charge < -0.3 is 10.1 Å². The molecule has 0 aliphatic carbocycles. The number of nitrogens with one attached hydrogen (secondary N) is 1. The van der Waals surface area contributed by atoms with E-state index in [1.165, 1.54) is 31.4 Å². The Morgan fingerprint density at radius 3 is 2.62 bits per heavy atom. The summed E-state index contributed by atoms with van der Waals surface area (Å²) in [6, 6.07) is 5.33. The SMILES string of the molecule is CCCC(C)(NC(=O)c1cccc([N+](=O)[O-])c1)C(=O)OC. The summed E-state index contributed by atoms with van der Waals surface area (Å²) in [5.74, 6) is -1.11. The average molecular weight is 294 g/mol. The van der Waals surface area contributed by atoms with Crippen LogP contribution in [0.5, 0.6) is 0 Å². The van der Waals surface area contributed by atoms with Crippen molar-refractivity contribution in [2.75, 3.05) is 7.11 Å². The molecule has 1 N–H and O–H groups in total. The maximum atomic E-state index is 12.2. The Morgan fingerprint density at radius 1 is 1.43 bits per heavy atom. The third-order valence-electron chi connectivity index (χ3n) is 3.09. The molecule has 21 heavy (non-hydrogen) atoms. The van der Waals surface area contributed by atoms with Crippen LogP contribution in [0.3, 0.4) is 0 Å². The largest absolute Gasteiger partial charge is 0.467 e. The summed E-state index contributed by atoms with van der Waals surface area (Å²) >= 11 is 0. The van der Waals surface area contributed by atoms with Crippen LogP contribution in [0.2, 0.25) is 0 Å². The van der Waals surface area contributed by atoms with Crippen molar-refractivity contribution < 1.29 is 19.2 Å². The molecule has 0 fully saturated rings. The van der Waals surface area contributed by atoms with Crippen molar-refractivity contribution in [1.82, 2.24) is 5.32 Å². The predicted octanol–water partition coefficient (Wildman–Crippen LogP) is 2.06. The summed E-state index contributed by atoms with van der Waals surface area (Å²) in [4.78, 5) is 34.1. The van der Waals surface area contributed by atoms with E-state index in [4.69, 9.17) is 4.74 Å². The summed E-state index contributed by atoms with van der Waals surface area (Å²) in [6.07, 6.45) is 1.07. The molecule has 0 aliphatic rings. The molecule has 7 nitrogen and oxygen atoms in total.